The van der Waals surface area contributed by atoms with E-state index in [2.05, 4.69) is 0 Å². The largest absolute Gasteiger partial charge is 0.300 e. The molecule has 1 rings (SSSR count). The quantitative estimate of drug-likeness (QED) is 0.692. The first-order valence-electron chi connectivity index (χ1n) is 4.06. The smallest absolute Gasteiger partial charge is 0.130 e. The first-order chi connectivity index (χ1) is 6.18. The van der Waals surface area contributed by atoms with Crippen LogP contribution >= 0.6 is 11.8 Å². The molecule has 13 heavy (non-hydrogen) atoms. The van der Waals surface area contributed by atoms with E-state index >= 15 is 0 Å². The van der Waals surface area contributed by atoms with Gasteiger partial charge in [0.2, 0.25) is 0 Å². The molecule has 0 spiro atoms. The maximum Gasteiger partial charge on any atom is 0.130 e. The summed E-state index contributed by atoms with van der Waals surface area (Å²) in [6.07, 6.45) is 0.543. The van der Waals surface area contributed by atoms with Gasteiger partial charge in [0.15, 0.2) is 0 Å². The monoisotopic (exact) mass is 198 g/mol. The highest BCUT2D eigenvalue weighted by Gasteiger charge is 1.97. The first-order valence-corrected chi connectivity index (χ1v) is 5.05. The number of Topliss-reactive ketones (excluding diaryl/α,β-unsaturated/α-hetero) is 1. The minimum Gasteiger partial charge on any atom is -0.300 e. The third-order valence-electron chi connectivity index (χ3n) is 1.52. The molecule has 1 aromatic rings. The van der Waals surface area contributed by atoms with Gasteiger partial charge in [0.05, 0.1) is 0 Å². The van der Waals surface area contributed by atoms with Crippen molar-refractivity contribution in [2.24, 2.45) is 0 Å². The van der Waals surface area contributed by atoms with Gasteiger partial charge in [0.25, 0.3) is 0 Å². The molecule has 0 aliphatic carbocycles. The van der Waals surface area contributed by atoms with E-state index in [-0.39, 0.29) is 11.6 Å². The Kier molecular flexibility index (Phi) is 3.96. The number of hydrogen-bond donors (Lipinski definition) is 0. The third-order valence-corrected chi connectivity index (χ3v) is 2.51. The molecule has 70 valence electrons. The summed E-state index contributed by atoms with van der Waals surface area (Å²) in [4.78, 5) is 11.5. The van der Waals surface area contributed by atoms with E-state index < -0.39 is 0 Å². The van der Waals surface area contributed by atoms with Crippen LogP contribution in [0.15, 0.2) is 29.2 Å². The van der Waals surface area contributed by atoms with Crippen molar-refractivity contribution in [3.63, 3.8) is 0 Å². The van der Waals surface area contributed by atoms with Crippen LogP contribution in [0, 0.1) is 5.82 Å². The molecule has 0 saturated heterocycles. The van der Waals surface area contributed by atoms with E-state index in [1.54, 1.807) is 13.0 Å². The van der Waals surface area contributed by atoms with Crippen molar-refractivity contribution in [2.75, 3.05) is 5.75 Å². The number of thioether (sulfide) groups is 1. The van der Waals surface area contributed by atoms with Gasteiger partial charge in [-0.3, -0.25) is 4.79 Å². The fourth-order valence-electron chi connectivity index (χ4n) is 0.869. The number of benzene rings is 1. The van der Waals surface area contributed by atoms with Crippen molar-refractivity contribution < 1.29 is 9.18 Å². The molecule has 0 unspecified atom stereocenters. The number of ketones is 1. The predicted octanol–water partition coefficient (Wildman–Crippen LogP) is 2.90. The van der Waals surface area contributed by atoms with Crippen LogP contribution in [0.3, 0.4) is 0 Å². The zero-order valence-electron chi connectivity index (χ0n) is 7.42. The van der Waals surface area contributed by atoms with Gasteiger partial charge in [-0.15, -0.1) is 11.8 Å². The summed E-state index contributed by atoms with van der Waals surface area (Å²) in [5, 5.41) is 0. The molecule has 0 aromatic heterocycles. The Morgan fingerprint density at radius 1 is 1.54 bits per heavy atom. The van der Waals surface area contributed by atoms with Crippen LogP contribution in [-0.2, 0) is 4.79 Å². The van der Waals surface area contributed by atoms with Crippen LogP contribution in [0.5, 0.6) is 0 Å². The molecule has 1 aromatic carbocycles. The fraction of sp³-hybridized carbons (Fsp3) is 0.300. The Balaban J connectivity index is 2.41. The summed E-state index contributed by atoms with van der Waals surface area (Å²) < 4.78 is 12.7. The van der Waals surface area contributed by atoms with E-state index in [9.17, 15) is 9.18 Å². The second-order valence-electron chi connectivity index (χ2n) is 2.76. The highest BCUT2D eigenvalue weighted by Crippen LogP contribution is 2.19. The van der Waals surface area contributed by atoms with Crippen molar-refractivity contribution in [1.82, 2.24) is 0 Å². The van der Waals surface area contributed by atoms with E-state index in [0.717, 1.165) is 10.6 Å². The van der Waals surface area contributed by atoms with E-state index in [0.29, 0.717) is 6.42 Å². The lowest BCUT2D eigenvalue weighted by molar-refractivity contribution is -0.116. The van der Waals surface area contributed by atoms with Gasteiger partial charge in [0, 0.05) is 17.1 Å². The number of hydrogen-bond acceptors (Lipinski definition) is 2. The summed E-state index contributed by atoms with van der Waals surface area (Å²) in [7, 11) is 0. The van der Waals surface area contributed by atoms with E-state index in [1.165, 1.54) is 23.9 Å². The molecule has 0 bridgehead atoms. The van der Waals surface area contributed by atoms with Crippen LogP contribution in [-0.4, -0.2) is 11.5 Å². The Hall–Kier alpha value is -0.830. The highest BCUT2D eigenvalue weighted by atomic mass is 32.2. The second kappa shape index (κ2) is 5.02. The Morgan fingerprint density at radius 2 is 2.31 bits per heavy atom. The Bertz CT molecular complexity index is 299. The molecule has 0 radical (unpaired) electrons. The summed E-state index contributed by atoms with van der Waals surface area (Å²) in [5.74, 6) is 0.662. The van der Waals surface area contributed by atoms with Crippen molar-refractivity contribution in [2.45, 2.75) is 18.2 Å². The fourth-order valence-corrected chi connectivity index (χ4v) is 1.87. The number of carbonyl (C=O) groups is 1. The summed E-state index contributed by atoms with van der Waals surface area (Å²) >= 11 is 1.50. The number of halogens is 1. The van der Waals surface area contributed by atoms with Gasteiger partial charge < -0.3 is 0 Å². The molecular formula is C10H11FOS. The van der Waals surface area contributed by atoms with Crippen LogP contribution in [0.1, 0.15) is 13.3 Å². The van der Waals surface area contributed by atoms with E-state index in [1.807, 2.05) is 6.07 Å². The molecule has 0 fully saturated rings. The van der Waals surface area contributed by atoms with Crippen molar-refractivity contribution in [3.8, 4) is 0 Å². The summed E-state index contributed by atoms with van der Waals surface area (Å²) in [6, 6.07) is 6.40. The zero-order valence-corrected chi connectivity index (χ0v) is 8.23. The molecule has 3 heteroatoms. The van der Waals surface area contributed by atoms with Gasteiger partial charge in [-0.25, -0.2) is 4.39 Å². The van der Waals surface area contributed by atoms with Crippen molar-refractivity contribution in [3.05, 3.63) is 30.1 Å². The topological polar surface area (TPSA) is 17.1 Å². The summed E-state index contributed by atoms with van der Waals surface area (Å²) in [5.41, 5.74) is 0. The predicted molar refractivity (Wildman–Crippen MR) is 52.4 cm³/mol. The van der Waals surface area contributed by atoms with Gasteiger partial charge in [-0.2, -0.15) is 0 Å². The van der Waals surface area contributed by atoms with Gasteiger partial charge in [-0.05, 0) is 25.1 Å². The molecule has 0 N–H and O–H groups in total. The van der Waals surface area contributed by atoms with Crippen LogP contribution in [0.4, 0.5) is 4.39 Å². The molecule has 1 nitrogen and oxygen atoms in total. The number of rotatable bonds is 4. The van der Waals surface area contributed by atoms with Crippen LogP contribution < -0.4 is 0 Å². The average molecular weight is 198 g/mol. The average Bonchev–Trinajstić information content (AvgIpc) is 2.03. The first kappa shape index (κ1) is 10.3. The standard InChI is InChI=1S/C10H11FOS/c1-8(12)5-6-13-10-4-2-3-9(11)7-10/h2-4,7H,5-6H2,1H3. The lowest BCUT2D eigenvalue weighted by Gasteiger charge is -1.99. The summed E-state index contributed by atoms with van der Waals surface area (Å²) in [6.45, 7) is 1.56. The highest BCUT2D eigenvalue weighted by molar-refractivity contribution is 7.99. The molecule has 0 amide bonds. The minimum absolute atomic E-state index is 0.170. The third kappa shape index (κ3) is 4.08. The normalized spacial score (nSPS) is 10.0. The minimum atomic E-state index is -0.229. The molecule has 0 saturated carbocycles. The Morgan fingerprint density at radius 3 is 2.92 bits per heavy atom. The van der Waals surface area contributed by atoms with Crippen molar-refractivity contribution >= 4 is 17.5 Å². The van der Waals surface area contributed by atoms with Crippen molar-refractivity contribution in [1.29, 1.82) is 0 Å². The molecular weight excluding hydrogens is 187 g/mol. The molecule has 0 aliphatic rings. The van der Waals surface area contributed by atoms with Gasteiger partial charge >= 0.3 is 0 Å². The lowest BCUT2D eigenvalue weighted by atomic mass is 10.3. The molecule has 0 atom stereocenters. The molecule has 0 aliphatic heterocycles. The Labute approximate surface area is 81.3 Å². The maximum absolute atomic E-state index is 12.7. The van der Waals surface area contributed by atoms with Gasteiger partial charge in [0.1, 0.15) is 11.6 Å². The SMILES string of the molecule is CC(=O)CCSc1cccc(F)c1. The van der Waals surface area contributed by atoms with Crippen LogP contribution in [0.2, 0.25) is 0 Å². The van der Waals surface area contributed by atoms with Crippen LogP contribution in [0.25, 0.3) is 0 Å². The lowest BCUT2D eigenvalue weighted by Crippen LogP contribution is -1.91. The maximum atomic E-state index is 12.7. The second-order valence-corrected chi connectivity index (χ2v) is 3.93. The zero-order chi connectivity index (χ0) is 9.68. The van der Waals surface area contributed by atoms with E-state index in [4.69, 9.17) is 0 Å². The van der Waals surface area contributed by atoms with Gasteiger partial charge in [-0.1, -0.05) is 6.07 Å². The molecule has 0 heterocycles. The number of carbonyl (C=O) groups excluding carboxylic acids is 1.